The van der Waals surface area contributed by atoms with E-state index in [0.29, 0.717) is 0 Å². The molecule has 0 aliphatic carbocycles. The van der Waals surface area contributed by atoms with Crippen LogP contribution in [0.5, 0.6) is 0 Å². The first-order valence-corrected chi connectivity index (χ1v) is 9.23. The van der Waals surface area contributed by atoms with Crippen molar-refractivity contribution in [3.63, 3.8) is 0 Å². The summed E-state index contributed by atoms with van der Waals surface area (Å²) in [5, 5.41) is 4.94. The van der Waals surface area contributed by atoms with Gasteiger partial charge >= 0.3 is 0 Å². The minimum atomic E-state index is 0.931. The van der Waals surface area contributed by atoms with E-state index in [1.54, 1.807) is 0 Å². The molecule has 2 heterocycles. The number of hydrogen-bond donors (Lipinski definition) is 0. The zero-order valence-corrected chi connectivity index (χ0v) is 15.2. The second-order valence-corrected chi connectivity index (χ2v) is 8.21. The Hall–Kier alpha value is -1.36. The summed E-state index contributed by atoms with van der Waals surface area (Å²) in [7, 11) is 0. The Morgan fingerprint density at radius 2 is 1.36 bits per heavy atom. The Morgan fingerprint density at radius 3 is 2.23 bits per heavy atom. The van der Waals surface area contributed by atoms with Crippen LogP contribution in [0.4, 0.5) is 0 Å². The number of halogens is 2. The number of hydrogen-bond acceptors (Lipinski definition) is 2. The maximum Gasteiger partial charge on any atom is 0.136 e. The van der Waals surface area contributed by atoms with E-state index in [-0.39, 0.29) is 0 Å². The SMILES string of the molecule is Brc1ccc2oc3ccc4sc5ccc(Br)cc5c4c3c2c1. The molecule has 4 heteroatoms. The van der Waals surface area contributed by atoms with Gasteiger partial charge in [0.05, 0.1) is 0 Å². The summed E-state index contributed by atoms with van der Waals surface area (Å²) < 4.78 is 10.8. The van der Waals surface area contributed by atoms with Gasteiger partial charge in [0.2, 0.25) is 0 Å². The molecule has 3 aromatic carbocycles. The van der Waals surface area contributed by atoms with Gasteiger partial charge in [0.1, 0.15) is 11.2 Å². The van der Waals surface area contributed by atoms with E-state index in [1.165, 1.54) is 25.6 Å². The third kappa shape index (κ3) is 1.75. The highest BCUT2D eigenvalue weighted by Crippen LogP contribution is 2.43. The number of rotatable bonds is 0. The molecule has 106 valence electrons. The van der Waals surface area contributed by atoms with Crippen molar-refractivity contribution in [3.8, 4) is 0 Å². The smallest absolute Gasteiger partial charge is 0.136 e. The first-order valence-electron chi connectivity index (χ1n) is 6.83. The van der Waals surface area contributed by atoms with Gasteiger partial charge in [-0.3, -0.25) is 0 Å². The van der Waals surface area contributed by atoms with Crippen LogP contribution in [-0.2, 0) is 0 Å². The molecule has 5 aromatic rings. The first kappa shape index (κ1) is 13.1. The molecular weight excluding hydrogens is 424 g/mol. The van der Waals surface area contributed by atoms with Crippen molar-refractivity contribution >= 4 is 85.3 Å². The first-order chi connectivity index (χ1) is 10.7. The second kappa shape index (κ2) is 4.57. The third-order valence-corrected chi connectivity index (χ3v) is 6.11. The maximum absolute atomic E-state index is 6.04. The van der Waals surface area contributed by atoms with Gasteiger partial charge in [-0.05, 0) is 48.5 Å². The predicted molar refractivity (Wildman–Crippen MR) is 102 cm³/mol. The van der Waals surface area contributed by atoms with Crippen LogP contribution in [0.25, 0.3) is 42.1 Å². The highest BCUT2D eigenvalue weighted by molar-refractivity contribution is 9.10. The molecule has 0 spiro atoms. The lowest BCUT2D eigenvalue weighted by Gasteiger charge is -1.96. The molecule has 0 radical (unpaired) electrons. The largest absolute Gasteiger partial charge is 0.456 e. The van der Waals surface area contributed by atoms with Crippen LogP contribution in [-0.4, -0.2) is 0 Å². The molecule has 0 fully saturated rings. The summed E-state index contributed by atoms with van der Waals surface area (Å²) in [6.07, 6.45) is 0. The highest BCUT2D eigenvalue weighted by atomic mass is 79.9. The lowest BCUT2D eigenvalue weighted by atomic mass is 10.1. The normalized spacial score (nSPS) is 12.1. The summed E-state index contributed by atoms with van der Waals surface area (Å²) in [6.45, 7) is 0. The fraction of sp³-hybridized carbons (Fsp3) is 0. The van der Waals surface area contributed by atoms with Gasteiger partial charge in [-0.1, -0.05) is 31.9 Å². The average molecular weight is 432 g/mol. The summed E-state index contributed by atoms with van der Waals surface area (Å²) in [5.41, 5.74) is 1.88. The van der Waals surface area contributed by atoms with Crippen molar-refractivity contribution in [2.24, 2.45) is 0 Å². The van der Waals surface area contributed by atoms with Crippen LogP contribution in [0.1, 0.15) is 0 Å². The predicted octanol–water partition coefficient (Wildman–Crippen LogP) is 7.48. The monoisotopic (exact) mass is 430 g/mol. The van der Waals surface area contributed by atoms with Crippen molar-refractivity contribution in [1.82, 2.24) is 0 Å². The number of furan rings is 1. The molecule has 5 rings (SSSR count). The molecule has 0 aliphatic heterocycles. The maximum atomic E-state index is 6.04. The minimum Gasteiger partial charge on any atom is -0.456 e. The zero-order valence-electron chi connectivity index (χ0n) is 11.2. The topological polar surface area (TPSA) is 13.1 Å². The van der Waals surface area contributed by atoms with Gasteiger partial charge in [0.15, 0.2) is 0 Å². The van der Waals surface area contributed by atoms with Crippen LogP contribution in [0.2, 0.25) is 0 Å². The van der Waals surface area contributed by atoms with Crippen LogP contribution >= 0.6 is 43.2 Å². The Labute approximate surface area is 146 Å². The molecular formula is C18H8Br2OS. The quantitative estimate of drug-likeness (QED) is 0.247. The van der Waals surface area contributed by atoms with E-state index in [9.17, 15) is 0 Å². The number of thiophene rings is 1. The molecule has 0 bridgehead atoms. The third-order valence-electron chi connectivity index (χ3n) is 3.99. The van der Waals surface area contributed by atoms with Crippen LogP contribution in [0.15, 0.2) is 61.9 Å². The second-order valence-electron chi connectivity index (χ2n) is 5.30. The van der Waals surface area contributed by atoms with Crippen molar-refractivity contribution in [2.75, 3.05) is 0 Å². The Morgan fingerprint density at radius 1 is 0.682 bits per heavy atom. The molecule has 0 unspecified atom stereocenters. The molecule has 0 amide bonds. The molecule has 0 saturated heterocycles. The van der Waals surface area contributed by atoms with Gasteiger partial charge < -0.3 is 4.42 Å². The van der Waals surface area contributed by atoms with Gasteiger partial charge in [0, 0.05) is 39.9 Å². The van der Waals surface area contributed by atoms with Crippen LogP contribution in [0.3, 0.4) is 0 Å². The van der Waals surface area contributed by atoms with E-state index in [0.717, 1.165) is 25.5 Å². The lowest BCUT2D eigenvalue weighted by molar-refractivity contribution is 0.669. The lowest BCUT2D eigenvalue weighted by Crippen LogP contribution is -1.72. The minimum absolute atomic E-state index is 0.931. The summed E-state index contributed by atoms with van der Waals surface area (Å²) in [6, 6.07) is 16.9. The van der Waals surface area contributed by atoms with Crippen LogP contribution < -0.4 is 0 Å². The molecule has 0 aliphatic rings. The standard InChI is InChI=1S/C18H8Br2OS/c19-9-1-3-13-11(7-9)17-14(21-13)4-6-16-18(17)12-8-10(20)2-5-15(12)22-16/h1-8H. The van der Waals surface area contributed by atoms with E-state index in [2.05, 4.69) is 68.3 Å². The molecule has 0 saturated carbocycles. The van der Waals surface area contributed by atoms with Crippen LogP contribution in [0, 0.1) is 0 Å². The van der Waals surface area contributed by atoms with Gasteiger partial charge in [-0.25, -0.2) is 0 Å². The van der Waals surface area contributed by atoms with Crippen molar-refractivity contribution in [1.29, 1.82) is 0 Å². The Bertz CT molecular complexity index is 1100. The van der Waals surface area contributed by atoms with E-state index in [1.807, 2.05) is 23.5 Å². The van der Waals surface area contributed by atoms with Crippen molar-refractivity contribution in [3.05, 3.63) is 57.5 Å². The molecule has 22 heavy (non-hydrogen) atoms. The summed E-state index contributed by atoms with van der Waals surface area (Å²) in [4.78, 5) is 0. The fourth-order valence-corrected chi connectivity index (χ4v) is 4.90. The number of fused-ring (bicyclic) bond motifs is 7. The van der Waals surface area contributed by atoms with E-state index >= 15 is 0 Å². The summed E-state index contributed by atoms with van der Waals surface area (Å²) >= 11 is 8.99. The summed E-state index contributed by atoms with van der Waals surface area (Å²) in [5.74, 6) is 0. The Balaban J connectivity index is 2.14. The highest BCUT2D eigenvalue weighted by Gasteiger charge is 2.15. The van der Waals surface area contributed by atoms with Gasteiger partial charge in [-0.15, -0.1) is 11.3 Å². The average Bonchev–Trinajstić information content (AvgIpc) is 3.04. The van der Waals surface area contributed by atoms with Gasteiger partial charge in [0.25, 0.3) is 0 Å². The van der Waals surface area contributed by atoms with Crippen molar-refractivity contribution < 1.29 is 4.42 Å². The van der Waals surface area contributed by atoms with E-state index < -0.39 is 0 Å². The molecule has 0 N–H and O–H groups in total. The molecule has 2 aromatic heterocycles. The van der Waals surface area contributed by atoms with Crippen molar-refractivity contribution in [2.45, 2.75) is 0 Å². The van der Waals surface area contributed by atoms with E-state index in [4.69, 9.17) is 4.42 Å². The molecule has 0 atom stereocenters. The number of benzene rings is 3. The Kier molecular flexibility index (Phi) is 2.72. The fourth-order valence-electron chi connectivity index (χ4n) is 3.08. The molecule has 1 nitrogen and oxygen atoms in total. The zero-order chi connectivity index (χ0) is 14.8. The van der Waals surface area contributed by atoms with Gasteiger partial charge in [-0.2, -0.15) is 0 Å².